The molecule has 0 spiro atoms. The predicted molar refractivity (Wildman–Crippen MR) is 172 cm³/mol. The van der Waals surface area contributed by atoms with E-state index < -0.39 is 0 Å². The second-order valence-electron chi connectivity index (χ2n) is 10.3. The second kappa shape index (κ2) is 15.9. The van der Waals surface area contributed by atoms with Gasteiger partial charge >= 0.3 is 0 Å². The highest BCUT2D eigenvalue weighted by Gasteiger charge is 2.15. The minimum absolute atomic E-state index is 0.221. The molecule has 0 radical (unpaired) electrons. The molecule has 1 unspecified atom stereocenters. The monoisotopic (exact) mass is 555 g/mol. The summed E-state index contributed by atoms with van der Waals surface area (Å²) in [6.07, 6.45) is 14.5. The first-order valence-corrected chi connectivity index (χ1v) is 14.6. The van der Waals surface area contributed by atoms with Crippen LogP contribution in [0.15, 0.2) is 114 Å². The fourth-order valence-corrected chi connectivity index (χ4v) is 4.82. The van der Waals surface area contributed by atoms with Crippen LogP contribution in [0.2, 0.25) is 0 Å². The summed E-state index contributed by atoms with van der Waals surface area (Å²) < 4.78 is 15.0. The summed E-state index contributed by atoms with van der Waals surface area (Å²) in [4.78, 5) is 0.521. The normalized spacial score (nSPS) is 14.7. The number of benzene rings is 2. The third-order valence-electron chi connectivity index (χ3n) is 7.00. The van der Waals surface area contributed by atoms with Gasteiger partial charge in [-0.3, -0.25) is 0 Å². The zero-order valence-electron chi connectivity index (χ0n) is 24.3. The Morgan fingerprint density at radius 1 is 1.12 bits per heavy atom. The van der Waals surface area contributed by atoms with Gasteiger partial charge in [-0.2, -0.15) is 8.98 Å². The van der Waals surface area contributed by atoms with Crippen molar-refractivity contribution < 1.29 is 3.89 Å². The number of rotatable bonds is 11. The maximum atomic E-state index is 13.2. The first kappa shape index (κ1) is 31.0. The van der Waals surface area contributed by atoms with Gasteiger partial charge in [-0.25, -0.2) is 4.68 Å². The van der Waals surface area contributed by atoms with Gasteiger partial charge < -0.3 is 5.32 Å². The van der Waals surface area contributed by atoms with Crippen LogP contribution in [-0.4, -0.2) is 16.3 Å². The van der Waals surface area contributed by atoms with Crippen LogP contribution < -0.4 is 5.32 Å². The lowest BCUT2D eigenvalue weighted by Gasteiger charge is -2.21. The number of aromatic nitrogens is 2. The fraction of sp³-hybridized carbons (Fsp3) is 0.286. The van der Waals surface area contributed by atoms with Gasteiger partial charge in [-0.15, -0.1) is 6.58 Å². The molecule has 2 aromatic carbocycles. The van der Waals surface area contributed by atoms with Crippen molar-refractivity contribution in [3.8, 4) is 0 Å². The van der Waals surface area contributed by atoms with E-state index in [1.54, 1.807) is 10.9 Å². The number of hydrogen-bond acceptors (Lipinski definition) is 3. The molecular weight excluding hydrogens is 513 g/mol. The minimum atomic E-state index is 0.221. The molecule has 4 rings (SSSR count). The van der Waals surface area contributed by atoms with E-state index in [4.69, 9.17) is 0 Å². The number of nitrogens with zero attached hydrogens (tertiary/aromatic N) is 2. The first-order valence-electron chi connectivity index (χ1n) is 13.9. The van der Waals surface area contributed by atoms with Gasteiger partial charge in [-0.1, -0.05) is 97.5 Å². The van der Waals surface area contributed by atoms with Gasteiger partial charge in [0.05, 0.1) is 28.9 Å². The Hall–Kier alpha value is -3.57. The average molecular weight is 556 g/mol. The van der Waals surface area contributed by atoms with Crippen LogP contribution in [0.25, 0.3) is 11.4 Å². The Morgan fingerprint density at radius 3 is 2.50 bits per heavy atom. The largest absolute Gasteiger partial charge is 0.369 e. The standard InChI is InChI=1S/C24H28FN3S.C11H14/c1-5-20-10-8-11-21(14-20)15-26-24(28-19(4)23(29-25)16-27-28)13-18(3)22-12-7-6-9-17(22)2;1-10(2)8-9-11-6-4-3-5-7-11/h6-13,16,21,26H,3,5,14-15H2,1-2,4H3;3-7H,1,8-9H2,2H3/b24-13-;. The molecule has 0 amide bonds. The van der Waals surface area contributed by atoms with Crippen LogP contribution in [0.1, 0.15) is 55.5 Å². The Balaban J connectivity index is 0.000000336. The first-order chi connectivity index (χ1) is 19.3. The lowest BCUT2D eigenvalue weighted by Crippen LogP contribution is -2.25. The van der Waals surface area contributed by atoms with E-state index in [1.807, 2.05) is 31.2 Å². The molecule has 5 heteroatoms. The van der Waals surface area contributed by atoms with Crippen molar-refractivity contribution in [1.29, 1.82) is 0 Å². The van der Waals surface area contributed by atoms with Crippen LogP contribution in [-0.2, 0) is 6.42 Å². The molecule has 3 nitrogen and oxygen atoms in total. The second-order valence-corrected chi connectivity index (χ2v) is 10.9. The molecule has 210 valence electrons. The lowest BCUT2D eigenvalue weighted by atomic mass is 9.93. The molecule has 0 saturated carbocycles. The quantitative estimate of drug-likeness (QED) is 0.189. The molecule has 0 bridgehead atoms. The van der Waals surface area contributed by atoms with Crippen molar-refractivity contribution in [1.82, 2.24) is 15.1 Å². The van der Waals surface area contributed by atoms with Crippen molar-refractivity contribution >= 4 is 23.5 Å². The smallest absolute Gasteiger partial charge is 0.128 e. The summed E-state index contributed by atoms with van der Waals surface area (Å²) >= 11 is 0.221. The summed E-state index contributed by atoms with van der Waals surface area (Å²) in [5.74, 6) is 1.22. The number of hydrogen-bond donors (Lipinski definition) is 1. The molecule has 0 aliphatic heterocycles. The maximum absolute atomic E-state index is 13.2. The van der Waals surface area contributed by atoms with Crippen molar-refractivity contribution in [3.05, 3.63) is 132 Å². The van der Waals surface area contributed by atoms with Crippen LogP contribution >= 0.6 is 12.1 Å². The third kappa shape index (κ3) is 9.27. The van der Waals surface area contributed by atoms with Crippen molar-refractivity contribution in [2.24, 2.45) is 5.92 Å². The van der Waals surface area contributed by atoms with Gasteiger partial charge in [0.15, 0.2) is 0 Å². The highest BCUT2D eigenvalue weighted by Crippen LogP contribution is 2.26. The van der Waals surface area contributed by atoms with E-state index in [2.05, 4.69) is 99.0 Å². The minimum Gasteiger partial charge on any atom is -0.369 e. The van der Waals surface area contributed by atoms with E-state index in [1.165, 1.54) is 22.3 Å². The molecule has 1 aliphatic rings. The molecule has 1 aromatic heterocycles. The Kier molecular flexibility index (Phi) is 12.3. The van der Waals surface area contributed by atoms with Crippen molar-refractivity contribution in [2.45, 2.75) is 58.3 Å². The van der Waals surface area contributed by atoms with Gasteiger partial charge in [-0.05, 0) is 80.7 Å². The Bertz CT molecular complexity index is 1360. The summed E-state index contributed by atoms with van der Waals surface area (Å²) in [6, 6.07) is 18.7. The summed E-state index contributed by atoms with van der Waals surface area (Å²) in [5, 5.41) is 7.94. The van der Waals surface area contributed by atoms with E-state index in [0.717, 1.165) is 54.9 Å². The Morgan fingerprint density at radius 2 is 1.85 bits per heavy atom. The molecule has 0 fully saturated rings. The molecule has 3 aromatic rings. The molecule has 40 heavy (non-hydrogen) atoms. The highest BCUT2D eigenvalue weighted by atomic mass is 32.2. The van der Waals surface area contributed by atoms with Crippen LogP contribution in [0, 0.1) is 19.8 Å². The average Bonchev–Trinajstić information content (AvgIpc) is 3.35. The van der Waals surface area contributed by atoms with Gasteiger partial charge in [0.25, 0.3) is 0 Å². The number of allylic oxidation sites excluding steroid dienone is 6. The van der Waals surface area contributed by atoms with Gasteiger partial charge in [0.2, 0.25) is 0 Å². The maximum Gasteiger partial charge on any atom is 0.128 e. The summed E-state index contributed by atoms with van der Waals surface area (Å²) in [6.45, 7) is 17.1. The Labute approximate surface area is 244 Å². The van der Waals surface area contributed by atoms with E-state index >= 15 is 0 Å². The van der Waals surface area contributed by atoms with Crippen molar-refractivity contribution in [3.63, 3.8) is 0 Å². The van der Waals surface area contributed by atoms with Crippen LogP contribution in [0.5, 0.6) is 0 Å². The number of nitrogens with one attached hydrogen (secondary N) is 1. The predicted octanol–water partition coefficient (Wildman–Crippen LogP) is 9.69. The lowest BCUT2D eigenvalue weighted by molar-refractivity contribution is 0.585. The highest BCUT2D eigenvalue weighted by molar-refractivity contribution is 7.94. The fourth-order valence-electron chi connectivity index (χ4n) is 4.54. The molecule has 1 heterocycles. The molecular formula is C35H42FN3S. The molecule has 0 saturated heterocycles. The van der Waals surface area contributed by atoms with Crippen LogP contribution in [0.4, 0.5) is 3.89 Å². The number of halogens is 1. The van der Waals surface area contributed by atoms with E-state index in [0.29, 0.717) is 10.8 Å². The van der Waals surface area contributed by atoms with Crippen LogP contribution in [0.3, 0.4) is 0 Å². The number of aryl methyl sites for hydroxylation is 2. The van der Waals surface area contributed by atoms with Gasteiger partial charge in [0.1, 0.15) is 5.82 Å². The zero-order valence-corrected chi connectivity index (χ0v) is 25.1. The molecule has 1 atom stereocenters. The topological polar surface area (TPSA) is 29.9 Å². The summed E-state index contributed by atoms with van der Waals surface area (Å²) in [7, 11) is 0. The SMILES string of the molecule is C=C(/C=C(/NCC1C=CC=C(CC)C1)n1ncc(SF)c1C)c1ccccc1C.C=C(C)CCc1ccccc1. The van der Waals surface area contributed by atoms with Gasteiger partial charge in [0, 0.05) is 6.54 Å². The zero-order chi connectivity index (χ0) is 28.9. The van der Waals surface area contributed by atoms with Crippen molar-refractivity contribution in [2.75, 3.05) is 6.54 Å². The van der Waals surface area contributed by atoms with E-state index in [-0.39, 0.29) is 12.1 Å². The third-order valence-corrected chi connectivity index (χ3v) is 7.57. The van der Waals surface area contributed by atoms with E-state index in [9.17, 15) is 3.89 Å². The molecule has 1 N–H and O–H groups in total. The summed E-state index contributed by atoms with van der Waals surface area (Å²) in [5.41, 5.74) is 8.03. The molecule has 1 aliphatic carbocycles.